The number of likely N-dealkylation sites (tertiary alicyclic amines) is 1. The Kier molecular flexibility index (Phi) is 10.5. The number of aryl methyl sites for hydroxylation is 1. The molecule has 2 aliphatic carbocycles. The van der Waals surface area contributed by atoms with Gasteiger partial charge in [0.1, 0.15) is 17.6 Å². The van der Waals surface area contributed by atoms with Gasteiger partial charge in [-0.05, 0) is 55.9 Å². The van der Waals surface area contributed by atoms with Crippen LogP contribution in [0, 0.1) is 17.7 Å². The molecule has 1 saturated heterocycles. The van der Waals surface area contributed by atoms with Crippen molar-refractivity contribution in [3.05, 3.63) is 47.0 Å². The van der Waals surface area contributed by atoms with E-state index in [2.05, 4.69) is 10.4 Å². The van der Waals surface area contributed by atoms with Gasteiger partial charge in [0, 0.05) is 19.2 Å². The molecule has 3 amide bonds. The van der Waals surface area contributed by atoms with E-state index in [0.29, 0.717) is 6.54 Å². The number of nitrogens with zero attached hydrogens (tertiary/aromatic N) is 3. The summed E-state index contributed by atoms with van der Waals surface area (Å²) in [4.78, 5) is 36.9. The van der Waals surface area contributed by atoms with Crippen LogP contribution in [-0.2, 0) is 22.3 Å². The lowest BCUT2D eigenvalue weighted by Crippen LogP contribution is -2.46. The molecule has 2 heterocycles. The van der Waals surface area contributed by atoms with Crippen LogP contribution in [0.2, 0.25) is 0 Å². The van der Waals surface area contributed by atoms with Crippen LogP contribution in [0.1, 0.15) is 79.9 Å². The van der Waals surface area contributed by atoms with Crippen LogP contribution in [0.4, 0.5) is 45.2 Å². The van der Waals surface area contributed by atoms with Gasteiger partial charge in [0.05, 0.1) is 30.3 Å². The Morgan fingerprint density at radius 2 is 1.66 bits per heavy atom. The number of rotatable bonds is 9. The van der Waals surface area contributed by atoms with E-state index in [1.165, 1.54) is 28.8 Å². The molecule has 2 atom stereocenters. The highest BCUT2D eigenvalue weighted by molar-refractivity contribution is 5.98. The molecule has 2 aromatic rings. The van der Waals surface area contributed by atoms with Crippen molar-refractivity contribution in [1.82, 2.24) is 20.0 Å². The zero-order chi connectivity index (χ0) is 34.9. The first-order valence-electron chi connectivity index (χ1n) is 15.1. The summed E-state index contributed by atoms with van der Waals surface area (Å²) < 4.78 is 125. The third kappa shape index (κ3) is 9.40. The largest absolute Gasteiger partial charge is 0.416 e. The first kappa shape index (κ1) is 36.1. The second kappa shape index (κ2) is 13.7. The topological polar surface area (TPSA) is 96.3 Å². The van der Waals surface area contributed by atoms with Crippen LogP contribution in [0.15, 0.2) is 24.4 Å². The fraction of sp³-hybridized carbons (Fsp3) is 0.600. The molecule has 0 bridgehead atoms. The molecule has 2 saturated carbocycles. The van der Waals surface area contributed by atoms with Crippen LogP contribution in [0.3, 0.4) is 0 Å². The first-order valence-corrected chi connectivity index (χ1v) is 15.1. The number of anilines is 1. The van der Waals surface area contributed by atoms with Crippen molar-refractivity contribution in [2.24, 2.45) is 11.8 Å². The third-order valence-corrected chi connectivity index (χ3v) is 8.21. The maximum absolute atomic E-state index is 14.8. The van der Waals surface area contributed by atoms with Crippen molar-refractivity contribution in [1.29, 1.82) is 0 Å². The van der Waals surface area contributed by atoms with E-state index in [1.54, 1.807) is 39.0 Å². The van der Waals surface area contributed by atoms with Crippen molar-refractivity contribution in [3.63, 3.8) is 0 Å². The zero-order valence-corrected chi connectivity index (χ0v) is 25.5. The summed E-state index contributed by atoms with van der Waals surface area (Å²) in [7, 11) is 0. The van der Waals surface area contributed by atoms with Gasteiger partial charge in [-0.15, -0.1) is 0 Å². The number of aromatic nitrogens is 2. The van der Waals surface area contributed by atoms with Crippen LogP contribution < -0.4 is 10.6 Å². The van der Waals surface area contributed by atoms with Gasteiger partial charge in [0.15, 0.2) is 0 Å². The van der Waals surface area contributed by atoms with Gasteiger partial charge in [-0.25, -0.2) is 13.2 Å². The molecule has 5 rings (SSSR count). The van der Waals surface area contributed by atoms with Gasteiger partial charge in [-0.2, -0.15) is 31.4 Å². The van der Waals surface area contributed by atoms with Crippen molar-refractivity contribution in [2.45, 2.75) is 89.2 Å². The Labute approximate surface area is 264 Å². The van der Waals surface area contributed by atoms with Gasteiger partial charge >= 0.3 is 12.4 Å². The fourth-order valence-corrected chi connectivity index (χ4v) is 5.41. The minimum Gasteiger partial charge on any atom is -0.342 e. The molecule has 3 aliphatic rings. The standard InChI is InChI=1S/C23H22F9N5O3.C7H12/c1-3-37-16(4-5-34-37)19(39)33-9-18(38)35-15-7-13(22(27,28)29)12(6-14(15)24)11(2)20(40)36-10-21(25,26)8-17(36)23(30,31)32;1-2-6(1)5-7-3-4-7/h4-7,11,17H,3,8-10H2,1-2H3,(H,33,39)(H,35,38);6-7H,1-5H2. The minimum atomic E-state index is -5.29. The van der Waals surface area contributed by atoms with Crippen LogP contribution in [0.25, 0.3) is 0 Å². The summed E-state index contributed by atoms with van der Waals surface area (Å²) in [6, 6.07) is -1.29. The summed E-state index contributed by atoms with van der Waals surface area (Å²) in [6.07, 6.45) is -3.23. The van der Waals surface area contributed by atoms with Gasteiger partial charge in [0.25, 0.3) is 11.8 Å². The molecule has 8 nitrogen and oxygen atoms in total. The van der Waals surface area contributed by atoms with Crippen molar-refractivity contribution in [3.8, 4) is 0 Å². The number of carbonyl (C=O) groups is 3. The number of halogens is 9. The highest BCUT2D eigenvalue weighted by atomic mass is 19.4. The molecule has 0 spiro atoms. The maximum Gasteiger partial charge on any atom is 0.416 e. The molecule has 0 radical (unpaired) electrons. The van der Waals surface area contributed by atoms with E-state index >= 15 is 0 Å². The number of amides is 3. The maximum atomic E-state index is 14.8. The van der Waals surface area contributed by atoms with Gasteiger partial charge in [-0.1, -0.05) is 25.7 Å². The lowest BCUT2D eigenvalue weighted by molar-refractivity contribution is -0.184. The van der Waals surface area contributed by atoms with E-state index in [4.69, 9.17) is 0 Å². The Bertz CT molecular complexity index is 1460. The van der Waals surface area contributed by atoms with E-state index in [0.717, 1.165) is 6.92 Å². The molecular formula is C30H34F9N5O3. The zero-order valence-electron chi connectivity index (χ0n) is 25.5. The van der Waals surface area contributed by atoms with Gasteiger partial charge in [0.2, 0.25) is 11.8 Å². The average Bonchev–Trinajstić information content (AvgIpc) is 3.90. The Balaban J connectivity index is 0.000000620. The molecule has 1 aliphatic heterocycles. The monoisotopic (exact) mass is 683 g/mol. The highest BCUT2D eigenvalue weighted by Gasteiger charge is 2.58. The quantitative estimate of drug-likeness (QED) is 0.294. The molecule has 2 N–H and O–H groups in total. The molecule has 1 aromatic carbocycles. The highest BCUT2D eigenvalue weighted by Crippen LogP contribution is 2.45. The molecule has 1 aromatic heterocycles. The van der Waals surface area contributed by atoms with Gasteiger partial charge in [-0.3, -0.25) is 19.1 Å². The summed E-state index contributed by atoms with van der Waals surface area (Å²) >= 11 is 0. The summed E-state index contributed by atoms with van der Waals surface area (Å²) in [5.74, 6) is -8.77. The molecule has 260 valence electrons. The number of alkyl halides is 8. The first-order chi connectivity index (χ1) is 21.8. The van der Waals surface area contributed by atoms with Crippen molar-refractivity contribution >= 4 is 23.4 Å². The SMILES string of the molecule is C1CC1CC1CC1.CCn1nccc1C(=O)NCC(=O)Nc1cc(C(F)(F)F)c(C(C)C(=O)N2CC(F)(F)CC2C(F)(F)F)cc1F. The van der Waals surface area contributed by atoms with Gasteiger partial charge < -0.3 is 15.5 Å². The van der Waals surface area contributed by atoms with Crippen molar-refractivity contribution < 1.29 is 53.9 Å². The van der Waals surface area contributed by atoms with Crippen LogP contribution in [0.5, 0.6) is 0 Å². The molecule has 47 heavy (non-hydrogen) atoms. The smallest absolute Gasteiger partial charge is 0.342 e. The predicted molar refractivity (Wildman–Crippen MR) is 150 cm³/mol. The fourth-order valence-electron chi connectivity index (χ4n) is 5.41. The Morgan fingerprint density at radius 3 is 2.19 bits per heavy atom. The lowest BCUT2D eigenvalue weighted by atomic mass is 9.93. The summed E-state index contributed by atoms with van der Waals surface area (Å²) in [5, 5.41) is 7.89. The van der Waals surface area contributed by atoms with E-state index < -0.39 is 90.1 Å². The minimum absolute atomic E-state index is 0.0763. The van der Waals surface area contributed by atoms with Crippen LogP contribution >= 0.6 is 0 Å². The van der Waals surface area contributed by atoms with E-state index in [9.17, 15) is 53.9 Å². The predicted octanol–water partition coefficient (Wildman–Crippen LogP) is 6.53. The number of nitrogens with one attached hydrogen (secondary N) is 2. The summed E-state index contributed by atoms with van der Waals surface area (Å²) in [5.41, 5.74) is -3.73. The number of hydrogen-bond donors (Lipinski definition) is 2. The molecule has 17 heteroatoms. The summed E-state index contributed by atoms with van der Waals surface area (Å²) in [6.45, 7) is 0.268. The number of benzene rings is 1. The van der Waals surface area contributed by atoms with E-state index in [1.807, 2.05) is 5.32 Å². The normalized spacial score (nSPS) is 19.9. The molecule has 3 fully saturated rings. The van der Waals surface area contributed by atoms with Crippen LogP contribution in [-0.4, -0.2) is 63.6 Å². The second-order valence-corrected chi connectivity index (χ2v) is 12.1. The number of hydrogen-bond acceptors (Lipinski definition) is 4. The second-order valence-electron chi connectivity index (χ2n) is 12.1. The Morgan fingerprint density at radius 1 is 1.04 bits per heavy atom. The Hall–Kier alpha value is -3.79. The number of carbonyl (C=O) groups excluding carboxylic acids is 3. The molecule has 2 unspecified atom stereocenters. The molecular weight excluding hydrogens is 649 g/mol. The third-order valence-electron chi connectivity index (χ3n) is 8.21. The van der Waals surface area contributed by atoms with E-state index in [-0.39, 0.29) is 22.7 Å². The van der Waals surface area contributed by atoms with Crippen molar-refractivity contribution in [2.75, 3.05) is 18.4 Å². The lowest BCUT2D eigenvalue weighted by Gasteiger charge is -2.29. The average molecular weight is 684 g/mol.